The van der Waals surface area contributed by atoms with E-state index in [-0.39, 0.29) is 6.54 Å². The average molecular weight is 206 g/mol. The van der Waals surface area contributed by atoms with Crippen LogP contribution >= 0.6 is 0 Å². The highest BCUT2D eigenvalue weighted by atomic mass is 19.3. The summed E-state index contributed by atoms with van der Waals surface area (Å²) in [5, 5.41) is 0. The molecule has 1 rings (SSSR count). The minimum Gasteiger partial charge on any atom is -0.325 e. The Labute approximate surface area is 84.4 Å². The molecule has 0 radical (unpaired) electrons. The van der Waals surface area contributed by atoms with E-state index in [1.54, 1.807) is 4.90 Å². The van der Waals surface area contributed by atoms with Gasteiger partial charge in [0.1, 0.15) is 0 Å². The highest BCUT2D eigenvalue weighted by molar-refractivity contribution is 4.94. The minimum absolute atomic E-state index is 0.175. The fourth-order valence-corrected chi connectivity index (χ4v) is 2.10. The molecule has 2 nitrogen and oxygen atoms in total. The van der Waals surface area contributed by atoms with Crippen LogP contribution in [0.5, 0.6) is 0 Å². The molecule has 2 N–H and O–H groups in total. The summed E-state index contributed by atoms with van der Waals surface area (Å²) < 4.78 is 25.8. The number of hydrogen-bond acceptors (Lipinski definition) is 2. The Balaban J connectivity index is 2.34. The molecule has 0 aromatic rings. The summed E-state index contributed by atoms with van der Waals surface area (Å²) in [6.45, 7) is 5.13. The first-order valence-corrected chi connectivity index (χ1v) is 5.27. The topological polar surface area (TPSA) is 29.3 Å². The molecular formula is C10H20F2N2. The molecule has 0 aromatic carbocycles. The lowest BCUT2D eigenvalue weighted by Gasteiger charge is -2.50. The van der Waals surface area contributed by atoms with Gasteiger partial charge in [-0.15, -0.1) is 0 Å². The number of nitrogens with two attached hydrogens (primary N) is 1. The Hall–Kier alpha value is -0.220. The van der Waals surface area contributed by atoms with Crippen LogP contribution in [0.3, 0.4) is 0 Å². The third kappa shape index (κ3) is 2.42. The molecular weight excluding hydrogens is 186 g/mol. The number of nitrogens with zero attached hydrogens (tertiary/aromatic N) is 1. The van der Waals surface area contributed by atoms with E-state index in [9.17, 15) is 8.78 Å². The largest absolute Gasteiger partial charge is 0.325 e. The van der Waals surface area contributed by atoms with E-state index >= 15 is 0 Å². The Kier molecular flexibility index (Phi) is 3.48. The molecule has 1 aliphatic heterocycles. The van der Waals surface area contributed by atoms with Crippen LogP contribution in [-0.4, -0.2) is 37.0 Å². The third-order valence-electron chi connectivity index (χ3n) is 3.37. The van der Waals surface area contributed by atoms with Gasteiger partial charge in [-0.25, -0.2) is 8.78 Å². The molecule has 84 valence electrons. The molecule has 0 bridgehead atoms. The molecule has 1 heterocycles. The zero-order chi connectivity index (χ0) is 10.8. The van der Waals surface area contributed by atoms with E-state index in [1.807, 2.05) is 0 Å². The van der Waals surface area contributed by atoms with Crippen molar-refractivity contribution in [2.75, 3.05) is 26.2 Å². The number of halogens is 2. The Bertz CT molecular complexity index is 183. The van der Waals surface area contributed by atoms with Gasteiger partial charge in [-0.1, -0.05) is 13.8 Å². The lowest BCUT2D eigenvalue weighted by atomic mass is 9.75. The van der Waals surface area contributed by atoms with Crippen molar-refractivity contribution in [3.05, 3.63) is 0 Å². The van der Waals surface area contributed by atoms with Gasteiger partial charge in [0.25, 0.3) is 5.92 Å². The van der Waals surface area contributed by atoms with E-state index in [4.69, 9.17) is 5.73 Å². The van der Waals surface area contributed by atoms with Crippen molar-refractivity contribution in [3.8, 4) is 0 Å². The first-order chi connectivity index (χ1) is 6.47. The molecule has 0 amide bonds. The van der Waals surface area contributed by atoms with Crippen molar-refractivity contribution in [1.82, 2.24) is 4.90 Å². The first kappa shape index (κ1) is 11.9. The Morgan fingerprint density at radius 1 is 1.29 bits per heavy atom. The molecule has 0 unspecified atom stereocenters. The zero-order valence-electron chi connectivity index (χ0n) is 9.02. The average Bonchev–Trinajstić information content (AvgIpc) is 2.11. The van der Waals surface area contributed by atoms with E-state index < -0.39 is 12.5 Å². The predicted octanol–water partition coefficient (Wildman–Crippen LogP) is 1.70. The number of hydrogen-bond donors (Lipinski definition) is 1. The molecule has 1 aliphatic rings. The van der Waals surface area contributed by atoms with E-state index in [0.717, 1.165) is 25.9 Å². The number of likely N-dealkylation sites (tertiary alicyclic amines) is 1. The monoisotopic (exact) mass is 206 g/mol. The van der Waals surface area contributed by atoms with Crippen molar-refractivity contribution in [2.24, 2.45) is 11.1 Å². The smallest absolute Gasteiger partial charge is 0.272 e. The van der Waals surface area contributed by atoms with Gasteiger partial charge in [0.2, 0.25) is 0 Å². The third-order valence-corrected chi connectivity index (χ3v) is 3.37. The summed E-state index contributed by atoms with van der Waals surface area (Å²) in [4.78, 5) is 1.81. The van der Waals surface area contributed by atoms with E-state index in [0.29, 0.717) is 5.41 Å². The van der Waals surface area contributed by atoms with Crippen LogP contribution in [0, 0.1) is 5.41 Å². The van der Waals surface area contributed by atoms with E-state index in [1.165, 1.54) is 0 Å². The fraction of sp³-hybridized carbons (Fsp3) is 1.00. The van der Waals surface area contributed by atoms with Crippen LogP contribution in [0.1, 0.15) is 26.7 Å². The second kappa shape index (κ2) is 4.11. The lowest BCUT2D eigenvalue weighted by Crippen LogP contribution is -2.59. The Morgan fingerprint density at radius 3 is 2.14 bits per heavy atom. The lowest BCUT2D eigenvalue weighted by molar-refractivity contribution is -0.0862. The Morgan fingerprint density at radius 2 is 1.79 bits per heavy atom. The fourth-order valence-electron chi connectivity index (χ4n) is 2.10. The summed E-state index contributed by atoms with van der Waals surface area (Å²) in [6.07, 6.45) is 2.16. The molecule has 0 aromatic heterocycles. The molecule has 14 heavy (non-hydrogen) atoms. The van der Waals surface area contributed by atoms with Gasteiger partial charge in [-0.3, -0.25) is 4.90 Å². The van der Waals surface area contributed by atoms with Crippen molar-refractivity contribution in [3.63, 3.8) is 0 Å². The number of rotatable bonds is 5. The van der Waals surface area contributed by atoms with E-state index in [2.05, 4.69) is 13.8 Å². The summed E-state index contributed by atoms with van der Waals surface area (Å²) >= 11 is 0. The first-order valence-electron chi connectivity index (χ1n) is 5.27. The minimum atomic E-state index is -2.71. The van der Waals surface area contributed by atoms with Gasteiger partial charge < -0.3 is 5.73 Å². The quantitative estimate of drug-likeness (QED) is 0.742. The van der Waals surface area contributed by atoms with Crippen molar-refractivity contribution in [2.45, 2.75) is 32.6 Å². The van der Waals surface area contributed by atoms with Crippen LogP contribution in [0.4, 0.5) is 8.78 Å². The molecule has 4 heteroatoms. The van der Waals surface area contributed by atoms with Gasteiger partial charge in [-0.2, -0.15) is 0 Å². The maximum Gasteiger partial charge on any atom is 0.272 e. The van der Waals surface area contributed by atoms with Gasteiger partial charge >= 0.3 is 0 Å². The van der Waals surface area contributed by atoms with Gasteiger partial charge in [0.05, 0.1) is 13.1 Å². The van der Waals surface area contributed by atoms with Crippen LogP contribution in [-0.2, 0) is 0 Å². The molecule has 0 saturated carbocycles. The molecule has 0 spiro atoms. The zero-order valence-corrected chi connectivity index (χ0v) is 9.02. The highest BCUT2D eigenvalue weighted by Crippen LogP contribution is 2.37. The van der Waals surface area contributed by atoms with Gasteiger partial charge in [0.15, 0.2) is 0 Å². The van der Waals surface area contributed by atoms with Crippen molar-refractivity contribution < 1.29 is 8.78 Å². The summed E-state index contributed by atoms with van der Waals surface area (Å²) in [7, 11) is 0. The van der Waals surface area contributed by atoms with Gasteiger partial charge in [0, 0.05) is 13.1 Å². The van der Waals surface area contributed by atoms with Crippen LogP contribution < -0.4 is 5.73 Å². The molecule has 0 aliphatic carbocycles. The second-order valence-corrected chi connectivity index (χ2v) is 4.41. The van der Waals surface area contributed by atoms with Crippen LogP contribution in [0.15, 0.2) is 0 Å². The molecule has 1 saturated heterocycles. The predicted molar refractivity (Wildman–Crippen MR) is 53.5 cm³/mol. The summed E-state index contributed by atoms with van der Waals surface area (Å²) in [5.41, 5.74) is 5.29. The van der Waals surface area contributed by atoms with Crippen LogP contribution in [0.2, 0.25) is 0 Å². The second-order valence-electron chi connectivity index (χ2n) is 4.41. The SMILES string of the molecule is CCC1(CC)CN(CC(F)(F)CN)C1. The summed E-state index contributed by atoms with van der Waals surface area (Å²) in [6, 6.07) is 0. The van der Waals surface area contributed by atoms with Crippen molar-refractivity contribution in [1.29, 1.82) is 0 Å². The molecule has 0 atom stereocenters. The summed E-state index contributed by atoms with van der Waals surface area (Å²) in [5.74, 6) is -2.71. The standard InChI is InChI=1S/C10H20F2N2/c1-3-9(4-2)6-14(7-9)8-10(11,12)5-13/h3-8,13H2,1-2H3. The van der Waals surface area contributed by atoms with Gasteiger partial charge in [-0.05, 0) is 18.3 Å². The molecule has 1 fully saturated rings. The maximum absolute atomic E-state index is 12.9. The van der Waals surface area contributed by atoms with Crippen molar-refractivity contribution >= 4 is 0 Å². The normalized spacial score (nSPS) is 22.1. The highest BCUT2D eigenvalue weighted by Gasteiger charge is 2.43. The number of alkyl halides is 2. The maximum atomic E-state index is 12.9. The van der Waals surface area contributed by atoms with Crippen LogP contribution in [0.25, 0.3) is 0 Å².